The molecule has 1 aromatic heterocycles. The lowest BCUT2D eigenvalue weighted by atomic mass is 9.94. The van der Waals surface area contributed by atoms with Gasteiger partial charge in [0, 0.05) is 27.8 Å². The number of aliphatic hydroxyl groups is 1. The fourth-order valence-corrected chi connectivity index (χ4v) is 8.45. The molecule has 0 spiro atoms. The van der Waals surface area contributed by atoms with E-state index >= 15 is 0 Å². The summed E-state index contributed by atoms with van der Waals surface area (Å²) in [6.45, 7) is 4.48. The topological polar surface area (TPSA) is 111 Å². The molecule has 260 valence electrons. The predicted octanol–water partition coefficient (Wildman–Crippen LogP) is 9.06. The average molecular weight is 761 g/mol. The highest BCUT2D eigenvalue weighted by molar-refractivity contribution is 8.00. The molecule has 5 aromatic rings. The second kappa shape index (κ2) is 15.0. The van der Waals surface area contributed by atoms with Crippen molar-refractivity contribution < 1.29 is 28.9 Å². The van der Waals surface area contributed by atoms with Gasteiger partial charge in [0.2, 0.25) is 5.13 Å². The number of benzene rings is 4. The molecule has 0 radical (unpaired) electrons. The van der Waals surface area contributed by atoms with Gasteiger partial charge in [0.15, 0.2) is 15.8 Å². The second-order valence-electron chi connectivity index (χ2n) is 11.9. The summed E-state index contributed by atoms with van der Waals surface area (Å²) >= 11 is 15.0. The number of anilines is 1. The number of hydrogen-bond donors (Lipinski definition) is 1. The van der Waals surface area contributed by atoms with Gasteiger partial charge in [0.1, 0.15) is 24.2 Å². The van der Waals surface area contributed by atoms with Crippen molar-refractivity contribution in [1.29, 1.82) is 0 Å². The Labute approximate surface area is 312 Å². The molecule has 3 heterocycles. The van der Waals surface area contributed by atoms with Gasteiger partial charge in [-0.05, 0) is 78.6 Å². The average Bonchev–Trinajstić information content (AvgIpc) is 3.82. The van der Waals surface area contributed by atoms with E-state index in [1.807, 2.05) is 50.2 Å². The van der Waals surface area contributed by atoms with Crippen molar-refractivity contribution in [3.05, 3.63) is 128 Å². The van der Waals surface area contributed by atoms with Gasteiger partial charge < -0.3 is 19.3 Å². The summed E-state index contributed by atoms with van der Waals surface area (Å²) in [5.74, 6) is 0.135. The Kier molecular flexibility index (Phi) is 10.2. The molecule has 9 nitrogen and oxygen atoms in total. The number of rotatable bonds is 11. The first-order valence-electron chi connectivity index (χ1n) is 16.1. The third-order valence-corrected chi connectivity index (χ3v) is 11.1. The Morgan fingerprint density at radius 1 is 1.00 bits per heavy atom. The number of carbonyl (C=O) groups is 2. The molecule has 7 rings (SSSR count). The number of aromatic nitrogens is 2. The van der Waals surface area contributed by atoms with Crippen LogP contribution in [0.3, 0.4) is 0 Å². The lowest BCUT2D eigenvalue weighted by Crippen LogP contribution is -2.29. The standard InChI is InChI=1S/C38H31Cl2N3O6S2/c1-3-47-31-17-23(10-14-30(31)48-19-22-7-5-4-6-8-22)33-32(34(44)24-11-13-29-26(16-24)15-21(2)49-29)35(45)36(46)43(33)37-41-42-38(51-37)50-20-25-9-12-27(39)18-28(25)40/h4-14,16-18,21,33,44H,3,15,19-20H2,1-2H3/b34-32+/t21-,33-/m1/s1. The van der Waals surface area contributed by atoms with Gasteiger partial charge in [-0.15, -0.1) is 10.2 Å². The van der Waals surface area contributed by atoms with Crippen molar-refractivity contribution in [3.63, 3.8) is 0 Å². The molecular formula is C38H31Cl2N3O6S2. The lowest BCUT2D eigenvalue weighted by Gasteiger charge is -2.24. The number of ether oxygens (including phenoxy) is 3. The number of thioether (sulfide) groups is 1. The minimum Gasteiger partial charge on any atom is -0.507 e. The largest absolute Gasteiger partial charge is 0.507 e. The van der Waals surface area contributed by atoms with Crippen LogP contribution in [-0.2, 0) is 28.4 Å². The first-order valence-corrected chi connectivity index (χ1v) is 18.7. The van der Waals surface area contributed by atoms with E-state index in [1.165, 1.54) is 16.7 Å². The summed E-state index contributed by atoms with van der Waals surface area (Å²) in [4.78, 5) is 29.1. The molecule has 1 N–H and O–H groups in total. The first-order chi connectivity index (χ1) is 24.7. The molecular weight excluding hydrogens is 729 g/mol. The number of ketones is 1. The summed E-state index contributed by atoms with van der Waals surface area (Å²) < 4.78 is 18.5. The molecule has 13 heteroatoms. The van der Waals surface area contributed by atoms with Gasteiger partial charge in [-0.25, -0.2) is 0 Å². The SMILES string of the molecule is CCOc1cc([C@@H]2/C(=C(\O)c3ccc4c(c3)C[C@@H](C)O4)C(=O)C(=O)N2c2nnc(SCc3ccc(Cl)cc3Cl)s2)ccc1OCc1ccccc1. The number of amides is 1. The van der Waals surface area contributed by atoms with Crippen LogP contribution < -0.4 is 19.1 Å². The van der Waals surface area contributed by atoms with Crippen LogP contribution in [0.25, 0.3) is 5.76 Å². The van der Waals surface area contributed by atoms with E-state index < -0.39 is 17.7 Å². The summed E-state index contributed by atoms with van der Waals surface area (Å²) in [6.07, 6.45) is 0.644. The number of aliphatic hydroxyl groups excluding tert-OH is 1. The lowest BCUT2D eigenvalue weighted by molar-refractivity contribution is -0.132. The van der Waals surface area contributed by atoms with Crippen LogP contribution in [0.2, 0.25) is 10.0 Å². The van der Waals surface area contributed by atoms with Crippen molar-refractivity contribution in [2.24, 2.45) is 0 Å². The molecule has 2 aliphatic rings. The van der Waals surface area contributed by atoms with Crippen molar-refractivity contribution in [2.45, 2.75) is 49.1 Å². The summed E-state index contributed by atoms with van der Waals surface area (Å²) in [5, 5.41) is 21.7. The zero-order valence-electron chi connectivity index (χ0n) is 27.5. The van der Waals surface area contributed by atoms with Crippen LogP contribution in [0.15, 0.2) is 94.8 Å². The number of nitrogens with zero attached hydrogens (tertiary/aromatic N) is 3. The second-order valence-corrected chi connectivity index (χ2v) is 14.9. The van der Waals surface area contributed by atoms with E-state index in [4.69, 9.17) is 37.4 Å². The van der Waals surface area contributed by atoms with Gasteiger partial charge in [0.05, 0.1) is 18.2 Å². The van der Waals surface area contributed by atoms with Crippen LogP contribution >= 0.6 is 46.3 Å². The number of hydrogen-bond acceptors (Lipinski definition) is 10. The quantitative estimate of drug-likeness (QED) is 0.0464. The smallest absolute Gasteiger partial charge is 0.301 e. The van der Waals surface area contributed by atoms with Crippen molar-refractivity contribution in [1.82, 2.24) is 10.2 Å². The minimum atomic E-state index is -1.05. The molecule has 2 atom stereocenters. The third kappa shape index (κ3) is 7.30. The Morgan fingerprint density at radius 3 is 2.61 bits per heavy atom. The Morgan fingerprint density at radius 2 is 1.82 bits per heavy atom. The van der Waals surface area contributed by atoms with E-state index in [0.717, 1.165) is 33.8 Å². The molecule has 51 heavy (non-hydrogen) atoms. The number of fused-ring (bicyclic) bond motifs is 1. The Balaban J connectivity index is 1.27. The fraction of sp³-hybridized carbons (Fsp3) is 0.211. The highest BCUT2D eigenvalue weighted by atomic mass is 35.5. The molecule has 1 amide bonds. The summed E-state index contributed by atoms with van der Waals surface area (Å²) in [6, 6.07) is 24.5. The van der Waals surface area contributed by atoms with Crippen LogP contribution in [0, 0.1) is 0 Å². The fourth-order valence-electron chi connectivity index (χ4n) is 6.02. The molecule has 1 fully saturated rings. The number of halogens is 2. The van der Waals surface area contributed by atoms with Gasteiger partial charge in [-0.2, -0.15) is 0 Å². The van der Waals surface area contributed by atoms with Crippen molar-refractivity contribution in [2.75, 3.05) is 11.5 Å². The number of Topliss-reactive ketones (excluding diaryl/α,β-unsaturated/α-hetero) is 1. The van der Waals surface area contributed by atoms with Gasteiger partial charge >= 0.3 is 5.91 Å². The first kappa shape index (κ1) is 34.9. The minimum absolute atomic E-state index is 0.0113. The van der Waals surface area contributed by atoms with Gasteiger partial charge in [-0.3, -0.25) is 14.5 Å². The van der Waals surface area contributed by atoms with E-state index in [9.17, 15) is 14.7 Å². The maximum absolute atomic E-state index is 13.9. The maximum Gasteiger partial charge on any atom is 0.301 e. The molecule has 4 aromatic carbocycles. The molecule has 2 aliphatic heterocycles. The molecule has 1 saturated heterocycles. The van der Waals surface area contributed by atoms with Gasteiger partial charge in [0.25, 0.3) is 5.78 Å². The summed E-state index contributed by atoms with van der Waals surface area (Å²) in [7, 11) is 0. The van der Waals surface area contributed by atoms with Crippen molar-refractivity contribution >= 4 is 68.9 Å². The highest BCUT2D eigenvalue weighted by Gasteiger charge is 2.48. The highest BCUT2D eigenvalue weighted by Crippen LogP contribution is 2.46. The molecule has 0 aliphatic carbocycles. The maximum atomic E-state index is 13.9. The zero-order chi connectivity index (χ0) is 35.6. The van der Waals surface area contributed by atoms with Gasteiger partial charge in [-0.1, -0.05) is 88.8 Å². The monoisotopic (exact) mass is 759 g/mol. The number of carbonyl (C=O) groups excluding carboxylic acids is 2. The summed E-state index contributed by atoms with van der Waals surface area (Å²) in [5.41, 5.74) is 3.58. The third-order valence-electron chi connectivity index (χ3n) is 8.40. The normalized spacial score (nSPS) is 17.8. The van der Waals surface area contributed by atoms with E-state index in [1.54, 1.807) is 48.5 Å². The predicted molar refractivity (Wildman–Crippen MR) is 199 cm³/mol. The van der Waals surface area contributed by atoms with Crippen LogP contribution in [0.5, 0.6) is 17.2 Å². The Hall–Kier alpha value is -4.55. The molecule has 0 bridgehead atoms. The molecule has 0 unspecified atom stereocenters. The molecule has 0 saturated carbocycles. The van der Waals surface area contributed by atoms with E-state index in [0.29, 0.717) is 62.4 Å². The van der Waals surface area contributed by atoms with Crippen molar-refractivity contribution in [3.8, 4) is 17.2 Å². The van der Waals surface area contributed by atoms with Crippen LogP contribution in [0.4, 0.5) is 5.13 Å². The van der Waals surface area contributed by atoms with Crippen LogP contribution in [0.1, 0.15) is 47.7 Å². The van der Waals surface area contributed by atoms with E-state index in [2.05, 4.69) is 10.2 Å². The Bertz CT molecular complexity index is 2160. The van der Waals surface area contributed by atoms with Crippen LogP contribution in [-0.4, -0.2) is 39.7 Å². The zero-order valence-corrected chi connectivity index (χ0v) is 30.6. The van der Waals surface area contributed by atoms with E-state index in [-0.39, 0.29) is 22.6 Å².